The number of rotatable bonds is 2. The molecule has 0 saturated carbocycles. The van der Waals surface area contributed by atoms with E-state index in [1.807, 2.05) is 59.7 Å². The summed E-state index contributed by atoms with van der Waals surface area (Å²) in [6.45, 7) is 13.6. The van der Waals surface area contributed by atoms with Crippen molar-refractivity contribution in [3.63, 3.8) is 0 Å². The van der Waals surface area contributed by atoms with Crippen LogP contribution >= 0.6 is 11.3 Å². The van der Waals surface area contributed by atoms with E-state index in [1.54, 1.807) is 0 Å². The maximum atomic E-state index is 11.1. The van der Waals surface area contributed by atoms with E-state index in [2.05, 4.69) is 10.3 Å². The largest absolute Gasteiger partial charge is 0.494 e. The number of hydrogen-bond donors (Lipinski definition) is 1. The van der Waals surface area contributed by atoms with Gasteiger partial charge in [0.1, 0.15) is 0 Å². The van der Waals surface area contributed by atoms with Gasteiger partial charge in [0.05, 0.1) is 21.4 Å². The molecule has 0 unspecified atom stereocenters. The first-order valence-electron chi connectivity index (χ1n) is 8.22. The lowest BCUT2D eigenvalue weighted by Crippen LogP contribution is -2.41. The molecule has 2 aromatic rings. The van der Waals surface area contributed by atoms with Crippen molar-refractivity contribution in [3.05, 3.63) is 18.2 Å². The average molecular weight is 348 g/mol. The summed E-state index contributed by atoms with van der Waals surface area (Å²) in [5.41, 5.74) is 1.10. The third-order valence-electron chi connectivity index (χ3n) is 4.22. The number of anilines is 1. The first kappa shape index (κ1) is 18.9. The van der Waals surface area contributed by atoms with Crippen LogP contribution in [0.5, 0.6) is 0 Å². The number of nitrogens with zero attached hydrogens (tertiary/aromatic N) is 1. The first-order valence-corrected chi connectivity index (χ1v) is 9.03. The predicted octanol–water partition coefficient (Wildman–Crippen LogP) is 3.58. The van der Waals surface area contributed by atoms with Gasteiger partial charge < -0.3 is 14.6 Å². The van der Waals surface area contributed by atoms with E-state index in [9.17, 15) is 4.79 Å². The van der Waals surface area contributed by atoms with Crippen LogP contribution < -0.4 is 10.8 Å². The van der Waals surface area contributed by atoms with Crippen molar-refractivity contribution in [1.82, 2.24) is 4.98 Å². The van der Waals surface area contributed by atoms with Crippen LogP contribution in [0.4, 0.5) is 5.13 Å². The fourth-order valence-electron chi connectivity index (χ4n) is 2.27. The van der Waals surface area contributed by atoms with Crippen molar-refractivity contribution in [2.45, 2.75) is 59.7 Å². The molecular weight excluding hydrogens is 323 g/mol. The van der Waals surface area contributed by atoms with Crippen molar-refractivity contribution in [2.24, 2.45) is 0 Å². The Morgan fingerprint density at radius 1 is 1.17 bits per heavy atom. The number of thiazole rings is 1. The summed E-state index contributed by atoms with van der Waals surface area (Å²) in [5, 5.41) is 3.32. The van der Waals surface area contributed by atoms with Crippen molar-refractivity contribution >= 4 is 45.2 Å². The van der Waals surface area contributed by atoms with Crippen LogP contribution in [-0.4, -0.2) is 29.2 Å². The normalized spacial score (nSPS) is 18.2. The van der Waals surface area contributed by atoms with Crippen molar-refractivity contribution in [2.75, 3.05) is 5.32 Å². The summed E-state index contributed by atoms with van der Waals surface area (Å²) in [5.74, 6) is -0.120. The van der Waals surface area contributed by atoms with Gasteiger partial charge in [-0.25, -0.2) is 4.98 Å². The predicted molar refractivity (Wildman–Crippen MR) is 101 cm³/mol. The third kappa shape index (κ3) is 3.63. The number of carbonyl (C=O) groups is 1. The summed E-state index contributed by atoms with van der Waals surface area (Å²) in [7, 11) is -0.388. The zero-order valence-electron chi connectivity index (χ0n) is 15.4. The highest BCUT2D eigenvalue weighted by Gasteiger charge is 2.51. The molecule has 1 aliphatic heterocycles. The molecular formula is C17H25BN2O3S. The molecule has 0 atom stereocenters. The van der Waals surface area contributed by atoms with Crippen LogP contribution in [0.1, 0.15) is 48.5 Å². The van der Waals surface area contributed by atoms with Crippen LogP contribution in [-0.2, 0) is 14.1 Å². The molecule has 1 fully saturated rings. The van der Waals surface area contributed by atoms with Gasteiger partial charge in [0, 0.05) is 6.92 Å². The molecule has 1 aromatic heterocycles. The molecule has 1 N–H and O–H groups in total. The quantitative estimate of drug-likeness (QED) is 0.843. The highest BCUT2D eigenvalue weighted by molar-refractivity contribution is 7.22. The second-order valence-corrected chi connectivity index (χ2v) is 7.55. The summed E-state index contributed by atoms with van der Waals surface area (Å²) in [4.78, 5) is 15.5. The van der Waals surface area contributed by atoms with Gasteiger partial charge in [0.25, 0.3) is 0 Å². The number of benzene rings is 1. The Labute approximate surface area is 147 Å². The number of hydrogen-bond acceptors (Lipinski definition) is 5. The molecule has 7 heteroatoms. The van der Waals surface area contributed by atoms with Gasteiger partial charge in [0.15, 0.2) is 5.13 Å². The minimum absolute atomic E-state index is 0.120. The Morgan fingerprint density at radius 3 is 2.29 bits per heavy atom. The summed E-state index contributed by atoms with van der Waals surface area (Å²) in [6, 6.07) is 5.90. The number of carbonyl (C=O) groups excluding carboxylic acids is 1. The Hall–Kier alpha value is -1.44. The Kier molecular flexibility index (Phi) is 5.37. The molecule has 0 aliphatic carbocycles. The minimum Gasteiger partial charge on any atom is -0.399 e. The molecule has 1 amide bonds. The second-order valence-electron chi connectivity index (χ2n) is 6.52. The van der Waals surface area contributed by atoms with Crippen molar-refractivity contribution in [3.8, 4) is 0 Å². The van der Waals surface area contributed by atoms with Crippen LogP contribution in [0.3, 0.4) is 0 Å². The fraction of sp³-hybridized carbons (Fsp3) is 0.529. The molecule has 2 heterocycles. The van der Waals surface area contributed by atoms with E-state index < -0.39 is 0 Å². The highest BCUT2D eigenvalue weighted by Crippen LogP contribution is 2.36. The first-order chi connectivity index (χ1) is 11.2. The SMILES string of the molecule is CC.CC(=O)Nc1nc2ccc(B3OC(C)(C)C(C)(C)O3)cc2s1. The number of aromatic nitrogens is 1. The van der Waals surface area contributed by atoms with Gasteiger partial charge in [-0.2, -0.15) is 0 Å². The number of amides is 1. The van der Waals surface area contributed by atoms with E-state index in [0.717, 1.165) is 15.7 Å². The van der Waals surface area contributed by atoms with Gasteiger partial charge in [-0.3, -0.25) is 4.79 Å². The van der Waals surface area contributed by atoms with Crippen LogP contribution in [0.25, 0.3) is 10.2 Å². The molecule has 1 saturated heterocycles. The number of fused-ring (bicyclic) bond motifs is 1. The lowest BCUT2D eigenvalue weighted by Gasteiger charge is -2.32. The van der Waals surface area contributed by atoms with Gasteiger partial charge in [-0.05, 0) is 45.3 Å². The van der Waals surface area contributed by atoms with Crippen LogP contribution in [0.15, 0.2) is 18.2 Å². The van der Waals surface area contributed by atoms with Gasteiger partial charge in [-0.15, -0.1) is 0 Å². The molecule has 0 radical (unpaired) electrons. The third-order valence-corrected chi connectivity index (χ3v) is 5.15. The Morgan fingerprint density at radius 2 is 1.75 bits per heavy atom. The average Bonchev–Trinajstić information content (AvgIpc) is 2.97. The Balaban J connectivity index is 0.00000100. The van der Waals surface area contributed by atoms with E-state index in [4.69, 9.17) is 9.31 Å². The molecule has 1 aliphatic rings. The topological polar surface area (TPSA) is 60.5 Å². The zero-order chi connectivity index (χ0) is 18.1. The fourth-order valence-corrected chi connectivity index (χ4v) is 3.23. The molecule has 0 bridgehead atoms. The van der Waals surface area contributed by atoms with Crippen molar-refractivity contribution in [1.29, 1.82) is 0 Å². The lowest BCUT2D eigenvalue weighted by molar-refractivity contribution is -0.114. The van der Waals surface area contributed by atoms with Crippen LogP contribution in [0, 0.1) is 0 Å². The van der Waals surface area contributed by atoms with Crippen molar-refractivity contribution < 1.29 is 14.1 Å². The number of nitrogens with one attached hydrogen (secondary N) is 1. The van der Waals surface area contributed by atoms with Crippen LogP contribution in [0.2, 0.25) is 0 Å². The summed E-state index contributed by atoms with van der Waals surface area (Å²) in [6.07, 6.45) is 0. The molecule has 0 spiro atoms. The second kappa shape index (κ2) is 6.82. The molecule has 130 valence electrons. The standard InChI is InChI=1S/C15H19BN2O3S.C2H6/c1-9(19)17-13-18-11-7-6-10(8-12(11)22-13)16-20-14(2,3)15(4,5)21-16;1-2/h6-8H,1-5H3,(H,17,18,19);1-2H3. The van der Waals surface area contributed by atoms with E-state index in [0.29, 0.717) is 5.13 Å². The molecule has 5 nitrogen and oxygen atoms in total. The summed E-state index contributed by atoms with van der Waals surface area (Å²) < 4.78 is 13.1. The van der Waals surface area contributed by atoms with E-state index >= 15 is 0 Å². The zero-order valence-corrected chi connectivity index (χ0v) is 16.2. The smallest absolute Gasteiger partial charge is 0.399 e. The highest BCUT2D eigenvalue weighted by atomic mass is 32.1. The van der Waals surface area contributed by atoms with Gasteiger partial charge in [0.2, 0.25) is 5.91 Å². The summed E-state index contributed by atoms with van der Waals surface area (Å²) >= 11 is 1.44. The lowest BCUT2D eigenvalue weighted by atomic mass is 9.79. The molecule has 1 aromatic carbocycles. The van der Waals surface area contributed by atoms with E-state index in [-0.39, 0.29) is 24.2 Å². The van der Waals surface area contributed by atoms with Gasteiger partial charge >= 0.3 is 7.12 Å². The van der Waals surface area contributed by atoms with Gasteiger partial charge in [-0.1, -0.05) is 31.3 Å². The minimum atomic E-state index is -0.388. The van der Waals surface area contributed by atoms with E-state index in [1.165, 1.54) is 18.3 Å². The molecule has 3 rings (SSSR count). The monoisotopic (exact) mass is 348 g/mol. The maximum Gasteiger partial charge on any atom is 0.494 e. The molecule has 24 heavy (non-hydrogen) atoms. The Bertz CT molecular complexity index is 727. The maximum absolute atomic E-state index is 11.1.